The number of hydrogen-bond acceptors (Lipinski definition) is 4. The summed E-state index contributed by atoms with van der Waals surface area (Å²) < 4.78 is 6.81. The average molecular weight is 377 g/mol. The Labute approximate surface area is 163 Å². The van der Waals surface area contributed by atoms with E-state index in [2.05, 4.69) is 10.4 Å². The number of aliphatic hydroxyl groups excluding tert-OH is 1. The van der Waals surface area contributed by atoms with Gasteiger partial charge in [0.15, 0.2) is 0 Å². The first-order valence-corrected chi connectivity index (χ1v) is 9.41. The van der Waals surface area contributed by atoms with Gasteiger partial charge in [-0.25, -0.2) is 4.68 Å². The maximum Gasteiger partial charge on any atom is 0.270 e. The lowest BCUT2D eigenvalue weighted by atomic mass is 10.1. The zero-order chi connectivity index (χ0) is 19.5. The van der Waals surface area contributed by atoms with Crippen LogP contribution in [-0.2, 0) is 0 Å². The molecule has 1 aromatic heterocycles. The van der Waals surface area contributed by atoms with Crippen molar-refractivity contribution in [2.45, 2.75) is 24.9 Å². The molecule has 1 atom stereocenters. The third kappa shape index (κ3) is 3.92. The summed E-state index contributed by atoms with van der Waals surface area (Å²) in [6, 6.07) is 18.6. The largest absolute Gasteiger partial charge is 0.497 e. The third-order valence-corrected chi connectivity index (χ3v) is 4.91. The van der Waals surface area contributed by atoms with E-state index < -0.39 is 6.10 Å². The maximum absolute atomic E-state index is 12.8. The monoisotopic (exact) mass is 377 g/mol. The Balaban J connectivity index is 1.49. The molecule has 28 heavy (non-hydrogen) atoms. The molecule has 0 radical (unpaired) electrons. The summed E-state index contributed by atoms with van der Waals surface area (Å²) in [5.41, 5.74) is 2.99. The molecule has 2 N–H and O–H groups in total. The van der Waals surface area contributed by atoms with Gasteiger partial charge < -0.3 is 15.2 Å². The van der Waals surface area contributed by atoms with Gasteiger partial charge in [-0.15, -0.1) is 0 Å². The summed E-state index contributed by atoms with van der Waals surface area (Å²) >= 11 is 0. The number of methoxy groups -OCH3 is 1. The number of carbonyl (C=O) groups excluding carboxylic acids is 1. The van der Waals surface area contributed by atoms with Crippen LogP contribution in [0.4, 0.5) is 0 Å². The van der Waals surface area contributed by atoms with Crippen LogP contribution in [0.15, 0.2) is 60.7 Å². The normalized spacial score (nSPS) is 14.5. The Bertz CT molecular complexity index is 947. The number of benzene rings is 2. The minimum absolute atomic E-state index is 0.115. The number of aromatic nitrogens is 2. The molecule has 0 aliphatic heterocycles. The minimum atomic E-state index is -0.800. The van der Waals surface area contributed by atoms with Crippen molar-refractivity contribution in [1.29, 1.82) is 0 Å². The molecule has 144 valence electrons. The van der Waals surface area contributed by atoms with Crippen molar-refractivity contribution in [3.63, 3.8) is 0 Å². The second-order valence-corrected chi connectivity index (χ2v) is 6.98. The topological polar surface area (TPSA) is 76.4 Å². The van der Waals surface area contributed by atoms with E-state index in [-0.39, 0.29) is 12.5 Å². The lowest BCUT2D eigenvalue weighted by molar-refractivity contribution is 0.0908. The van der Waals surface area contributed by atoms with Crippen LogP contribution in [0, 0.1) is 0 Å². The highest BCUT2D eigenvalue weighted by Crippen LogP contribution is 2.39. The van der Waals surface area contributed by atoms with Gasteiger partial charge >= 0.3 is 0 Å². The van der Waals surface area contributed by atoms with Crippen molar-refractivity contribution in [2.75, 3.05) is 13.7 Å². The number of aliphatic hydroxyl groups is 1. The summed E-state index contributed by atoms with van der Waals surface area (Å²) in [4.78, 5) is 12.8. The van der Waals surface area contributed by atoms with Crippen molar-refractivity contribution >= 4 is 5.91 Å². The van der Waals surface area contributed by atoms with Gasteiger partial charge in [0.25, 0.3) is 5.91 Å². The zero-order valence-corrected chi connectivity index (χ0v) is 15.7. The van der Waals surface area contributed by atoms with E-state index in [1.807, 2.05) is 36.4 Å². The third-order valence-electron chi connectivity index (χ3n) is 4.91. The van der Waals surface area contributed by atoms with E-state index >= 15 is 0 Å². The highest BCUT2D eigenvalue weighted by molar-refractivity contribution is 5.93. The molecule has 2 aromatic carbocycles. The van der Waals surface area contributed by atoms with Gasteiger partial charge in [0.05, 0.1) is 24.6 Å². The highest BCUT2D eigenvalue weighted by Gasteiger charge is 2.29. The fraction of sp³-hybridized carbons (Fsp3) is 0.273. The number of para-hydroxylation sites is 1. The molecule has 1 fully saturated rings. The molecule has 0 spiro atoms. The van der Waals surface area contributed by atoms with Gasteiger partial charge in [-0.2, -0.15) is 5.10 Å². The number of hydrogen-bond donors (Lipinski definition) is 2. The lowest BCUT2D eigenvalue weighted by Gasteiger charge is -2.13. The first-order chi connectivity index (χ1) is 13.7. The molecule has 1 amide bonds. The maximum atomic E-state index is 12.8. The van der Waals surface area contributed by atoms with Gasteiger partial charge in [-0.3, -0.25) is 4.79 Å². The number of ether oxygens (including phenoxy) is 1. The SMILES string of the molecule is COc1ccc([C@@H](O)CNC(=O)c2cc(C3CC3)nn2-c2ccccc2)cc1. The summed E-state index contributed by atoms with van der Waals surface area (Å²) in [6.45, 7) is 0.115. The molecule has 3 aromatic rings. The Kier molecular flexibility index (Phi) is 5.12. The number of nitrogens with zero attached hydrogens (tertiary/aromatic N) is 2. The summed E-state index contributed by atoms with van der Waals surface area (Å²) in [7, 11) is 1.59. The number of amides is 1. The van der Waals surface area contributed by atoms with Crippen LogP contribution in [-0.4, -0.2) is 34.4 Å². The predicted octanol–water partition coefficient (Wildman–Crippen LogP) is 3.22. The van der Waals surface area contributed by atoms with E-state index in [0.717, 1.165) is 35.5 Å². The Morgan fingerprint density at radius 2 is 1.93 bits per heavy atom. The summed E-state index contributed by atoms with van der Waals surface area (Å²) in [6.07, 6.45) is 1.43. The molecule has 1 aliphatic carbocycles. The number of carbonyl (C=O) groups is 1. The van der Waals surface area contributed by atoms with Crippen molar-refractivity contribution in [3.8, 4) is 11.4 Å². The molecular weight excluding hydrogens is 354 g/mol. The zero-order valence-electron chi connectivity index (χ0n) is 15.7. The second-order valence-electron chi connectivity index (χ2n) is 6.98. The molecule has 1 saturated carbocycles. The van der Waals surface area contributed by atoms with Crippen molar-refractivity contribution < 1.29 is 14.6 Å². The van der Waals surface area contributed by atoms with Crippen molar-refractivity contribution in [1.82, 2.24) is 15.1 Å². The quantitative estimate of drug-likeness (QED) is 0.663. The Morgan fingerprint density at radius 3 is 2.57 bits per heavy atom. The Morgan fingerprint density at radius 1 is 1.21 bits per heavy atom. The Hall–Kier alpha value is -3.12. The number of nitrogens with one attached hydrogen (secondary N) is 1. The molecular formula is C22H23N3O3. The molecule has 1 aliphatic rings. The van der Waals surface area contributed by atoms with Crippen LogP contribution in [0.1, 0.15) is 46.6 Å². The van der Waals surface area contributed by atoms with Crippen molar-refractivity contribution in [3.05, 3.63) is 77.6 Å². The van der Waals surface area contributed by atoms with Gasteiger partial charge in [-0.1, -0.05) is 30.3 Å². The van der Waals surface area contributed by atoms with E-state index in [1.165, 1.54) is 0 Å². The second kappa shape index (κ2) is 7.86. The van der Waals surface area contributed by atoms with Crippen LogP contribution in [0.25, 0.3) is 5.69 Å². The van der Waals surface area contributed by atoms with Gasteiger partial charge in [0, 0.05) is 12.5 Å². The molecule has 6 heteroatoms. The molecule has 0 saturated heterocycles. The first kappa shape index (κ1) is 18.3. The highest BCUT2D eigenvalue weighted by atomic mass is 16.5. The lowest BCUT2D eigenvalue weighted by Crippen LogP contribution is -2.30. The average Bonchev–Trinajstić information content (AvgIpc) is 3.50. The van der Waals surface area contributed by atoms with Crippen LogP contribution >= 0.6 is 0 Å². The van der Waals surface area contributed by atoms with Crippen molar-refractivity contribution in [2.24, 2.45) is 0 Å². The van der Waals surface area contributed by atoms with E-state index in [9.17, 15) is 9.90 Å². The van der Waals surface area contributed by atoms with E-state index in [1.54, 1.807) is 36.1 Å². The molecule has 0 unspecified atom stereocenters. The minimum Gasteiger partial charge on any atom is -0.497 e. The molecule has 6 nitrogen and oxygen atoms in total. The van der Waals surface area contributed by atoms with Gasteiger partial charge in [-0.05, 0) is 48.7 Å². The summed E-state index contributed by atoms with van der Waals surface area (Å²) in [5.74, 6) is 0.913. The van der Waals surface area contributed by atoms with Crippen LogP contribution in [0.3, 0.4) is 0 Å². The van der Waals surface area contributed by atoms with E-state index in [0.29, 0.717) is 11.6 Å². The van der Waals surface area contributed by atoms with Crippen LogP contribution < -0.4 is 10.1 Å². The molecule has 4 rings (SSSR count). The number of rotatable bonds is 7. The molecule has 1 heterocycles. The first-order valence-electron chi connectivity index (χ1n) is 9.41. The fourth-order valence-electron chi connectivity index (χ4n) is 3.13. The van der Waals surface area contributed by atoms with Crippen LogP contribution in [0.2, 0.25) is 0 Å². The van der Waals surface area contributed by atoms with Crippen LogP contribution in [0.5, 0.6) is 5.75 Å². The molecule has 0 bridgehead atoms. The summed E-state index contributed by atoms with van der Waals surface area (Å²) in [5, 5.41) is 17.9. The predicted molar refractivity (Wildman–Crippen MR) is 106 cm³/mol. The fourth-order valence-corrected chi connectivity index (χ4v) is 3.13. The smallest absolute Gasteiger partial charge is 0.270 e. The van der Waals surface area contributed by atoms with Gasteiger partial charge in [0.2, 0.25) is 0 Å². The standard InChI is InChI=1S/C22H23N3O3/c1-28-18-11-9-16(10-12-18)21(26)14-23-22(27)20-13-19(15-7-8-15)24-25(20)17-5-3-2-4-6-17/h2-6,9-13,15,21,26H,7-8,14H2,1H3,(H,23,27)/t21-/m0/s1. The van der Waals surface area contributed by atoms with E-state index in [4.69, 9.17) is 4.74 Å². The van der Waals surface area contributed by atoms with Gasteiger partial charge in [0.1, 0.15) is 11.4 Å².